The first kappa shape index (κ1) is 19.6. The zero-order valence-electron chi connectivity index (χ0n) is 16.9. The summed E-state index contributed by atoms with van der Waals surface area (Å²) in [5.74, 6) is 0.377. The van der Waals surface area contributed by atoms with E-state index in [1.807, 2.05) is 0 Å². The molecule has 1 heterocycles. The monoisotopic (exact) mass is 428 g/mol. The van der Waals surface area contributed by atoms with Crippen molar-refractivity contribution in [3.05, 3.63) is 95.1 Å². The summed E-state index contributed by atoms with van der Waals surface area (Å²) in [5, 5.41) is 43.2. The lowest BCUT2D eigenvalue weighted by Crippen LogP contribution is -1.97. The Morgan fingerprint density at radius 3 is 0.906 bits per heavy atom. The molecule has 4 N–H and O–H groups in total. The molecule has 1 aliphatic heterocycles. The Hall–Kier alpha value is -4.32. The van der Waals surface area contributed by atoms with Gasteiger partial charge in [0.1, 0.15) is 0 Å². The molecule has 4 aromatic rings. The second-order valence-electron chi connectivity index (χ2n) is 7.61. The van der Waals surface area contributed by atoms with Gasteiger partial charge in [-0.15, -0.1) is 0 Å². The highest BCUT2D eigenvalue weighted by atomic mass is 16.5. The van der Waals surface area contributed by atoms with Crippen molar-refractivity contribution in [2.45, 2.75) is 12.8 Å². The van der Waals surface area contributed by atoms with Crippen molar-refractivity contribution in [2.75, 3.05) is 0 Å². The third kappa shape index (κ3) is 3.41. The molecule has 5 rings (SSSR count). The maximum absolute atomic E-state index is 10.8. The van der Waals surface area contributed by atoms with Crippen LogP contribution in [0.15, 0.2) is 72.8 Å². The van der Waals surface area contributed by atoms with E-state index in [2.05, 4.69) is 0 Å². The van der Waals surface area contributed by atoms with E-state index in [1.165, 1.54) is 0 Å². The van der Waals surface area contributed by atoms with Crippen LogP contribution in [0.3, 0.4) is 0 Å². The molecule has 0 radical (unpaired) electrons. The molecule has 0 spiro atoms. The van der Waals surface area contributed by atoms with Crippen molar-refractivity contribution in [3.8, 4) is 46.0 Å². The summed E-state index contributed by atoms with van der Waals surface area (Å²) >= 11 is 0. The first-order chi connectivity index (χ1) is 15.5. The Bertz CT molecular complexity index is 1040. The first-order valence-corrected chi connectivity index (χ1v) is 10.1. The summed E-state index contributed by atoms with van der Waals surface area (Å²) in [6.07, 6.45) is 0.425. The topological polar surface area (TPSA) is 99.4 Å². The molecule has 0 aliphatic carbocycles. The number of fused-ring (bicyclic) bond motifs is 8. The van der Waals surface area contributed by atoms with Crippen LogP contribution in [0.1, 0.15) is 22.3 Å². The van der Waals surface area contributed by atoms with Crippen molar-refractivity contribution in [3.63, 3.8) is 0 Å². The Kier molecular flexibility index (Phi) is 4.75. The van der Waals surface area contributed by atoms with Crippen LogP contribution >= 0.6 is 0 Å². The molecule has 6 heteroatoms. The second-order valence-corrected chi connectivity index (χ2v) is 7.61. The third-order valence-corrected chi connectivity index (χ3v) is 5.53. The van der Waals surface area contributed by atoms with E-state index >= 15 is 0 Å². The van der Waals surface area contributed by atoms with Gasteiger partial charge in [-0.05, 0) is 24.3 Å². The van der Waals surface area contributed by atoms with Gasteiger partial charge in [0.2, 0.25) is 0 Å². The van der Waals surface area contributed by atoms with Crippen LogP contribution in [0.5, 0.6) is 46.0 Å². The minimum atomic E-state index is -0.0852. The van der Waals surface area contributed by atoms with Crippen molar-refractivity contribution in [2.24, 2.45) is 0 Å². The quantitative estimate of drug-likeness (QED) is 0.257. The van der Waals surface area contributed by atoms with Gasteiger partial charge in [0.25, 0.3) is 0 Å². The lowest BCUT2D eigenvalue weighted by Gasteiger charge is -2.17. The predicted molar refractivity (Wildman–Crippen MR) is 118 cm³/mol. The standard InChI is InChI=1S/C26H20O6/c27-23-15-5-1-9-19(23)31-20-10-3-7-17(25(20)29)14-18-8-4-12-22(26(18)30)32-21-11-2-6-16(13-15)24(21)28/h1-12,27-30H,13-14H2. The molecular weight excluding hydrogens is 408 g/mol. The van der Waals surface area contributed by atoms with Gasteiger partial charge in [-0.25, -0.2) is 0 Å². The van der Waals surface area contributed by atoms with E-state index in [9.17, 15) is 20.4 Å². The fraction of sp³-hybridized carbons (Fsp3) is 0.0769. The summed E-state index contributed by atoms with van der Waals surface area (Å²) in [6, 6.07) is 20.2. The van der Waals surface area contributed by atoms with E-state index in [1.54, 1.807) is 72.8 Å². The lowest BCUT2D eigenvalue weighted by atomic mass is 10.0. The van der Waals surface area contributed by atoms with Crippen LogP contribution in [0.4, 0.5) is 0 Å². The highest BCUT2D eigenvalue weighted by Crippen LogP contribution is 2.44. The van der Waals surface area contributed by atoms with Crippen LogP contribution in [0.25, 0.3) is 0 Å². The highest BCUT2D eigenvalue weighted by molar-refractivity contribution is 5.58. The highest BCUT2D eigenvalue weighted by Gasteiger charge is 2.19. The summed E-state index contributed by atoms with van der Waals surface area (Å²) < 4.78 is 11.7. The van der Waals surface area contributed by atoms with Crippen LogP contribution in [-0.2, 0) is 12.8 Å². The number of hydrogen-bond acceptors (Lipinski definition) is 6. The SMILES string of the molecule is Oc1c2cccc1Oc1cccc(c1O)Cc1cccc(c1O)Oc1cccc(c1O)C2. The third-order valence-electron chi connectivity index (χ3n) is 5.53. The number of ether oxygens (including phenoxy) is 2. The van der Waals surface area contributed by atoms with Crippen molar-refractivity contribution in [1.29, 1.82) is 0 Å². The molecule has 160 valence electrons. The largest absolute Gasteiger partial charge is 0.504 e. The Balaban J connectivity index is 1.71. The first-order valence-electron chi connectivity index (χ1n) is 10.1. The van der Waals surface area contributed by atoms with Gasteiger partial charge >= 0.3 is 0 Å². The molecular formula is C26H20O6. The van der Waals surface area contributed by atoms with E-state index < -0.39 is 0 Å². The molecule has 0 fully saturated rings. The molecule has 8 bridgehead atoms. The predicted octanol–water partition coefficient (Wildman–Crippen LogP) is 5.59. The van der Waals surface area contributed by atoms with Gasteiger partial charge in [0.05, 0.1) is 0 Å². The number of benzene rings is 4. The minimum absolute atomic E-state index is 0.0852. The van der Waals surface area contributed by atoms with Crippen molar-refractivity contribution < 1.29 is 29.9 Å². The van der Waals surface area contributed by atoms with Gasteiger partial charge in [0.15, 0.2) is 46.0 Å². The molecule has 0 amide bonds. The maximum atomic E-state index is 10.8. The van der Waals surface area contributed by atoms with Crippen molar-refractivity contribution >= 4 is 0 Å². The van der Waals surface area contributed by atoms with Crippen molar-refractivity contribution in [1.82, 2.24) is 0 Å². The molecule has 0 saturated carbocycles. The molecule has 0 atom stereocenters. The molecule has 6 nitrogen and oxygen atoms in total. The normalized spacial score (nSPS) is 12.5. The van der Waals surface area contributed by atoms with E-state index in [0.29, 0.717) is 22.3 Å². The number of para-hydroxylation sites is 4. The van der Waals surface area contributed by atoms with Crippen LogP contribution < -0.4 is 9.47 Å². The fourth-order valence-corrected chi connectivity index (χ4v) is 3.82. The average molecular weight is 428 g/mol. The Morgan fingerprint density at radius 2 is 0.656 bits per heavy atom. The number of phenols is 4. The molecule has 0 aromatic heterocycles. The van der Waals surface area contributed by atoms with Crippen LogP contribution in [0, 0.1) is 0 Å². The summed E-state index contributed by atoms with van der Waals surface area (Å²) in [4.78, 5) is 0. The van der Waals surface area contributed by atoms with Gasteiger partial charge in [-0.1, -0.05) is 48.5 Å². The van der Waals surface area contributed by atoms with E-state index in [0.717, 1.165) is 0 Å². The zero-order chi connectivity index (χ0) is 22.2. The molecule has 0 saturated heterocycles. The lowest BCUT2D eigenvalue weighted by molar-refractivity contribution is 0.376. The zero-order valence-corrected chi connectivity index (χ0v) is 16.9. The van der Waals surface area contributed by atoms with Crippen LogP contribution in [-0.4, -0.2) is 20.4 Å². The molecule has 4 aromatic carbocycles. The summed E-state index contributed by atoms with van der Waals surface area (Å²) in [7, 11) is 0. The molecule has 0 unspecified atom stereocenters. The number of aromatic hydroxyl groups is 4. The van der Waals surface area contributed by atoms with E-state index in [4.69, 9.17) is 9.47 Å². The fourth-order valence-electron chi connectivity index (χ4n) is 3.82. The minimum Gasteiger partial charge on any atom is -0.504 e. The van der Waals surface area contributed by atoms with Gasteiger partial charge < -0.3 is 29.9 Å². The van der Waals surface area contributed by atoms with E-state index in [-0.39, 0.29) is 58.8 Å². The van der Waals surface area contributed by atoms with Gasteiger partial charge in [-0.2, -0.15) is 0 Å². The molecule has 32 heavy (non-hydrogen) atoms. The summed E-state index contributed by atoms with van der Waals surface area (Å²) in [5.41, 5.74) is 2.12. The molecule has 1 aliphatic rings. The smallest absolute Gasteiger partial charge is 0.169 e. The number of phenolic OH excluding ortho intramolecular Hbond substituents is 4. The average Bonchev–Trinajstić information content (AvgIpc) is 2.78. The number of rotatable bonds is 0. The maximum Gasteiger partial charge on any atom is 0.169 e. The Morgan fingerprint density at radius 1 is 0.406 bits per heavy atom. The van der Waals surface area contributed by atoms with Crippen LogP contribution in [0.2, 0.25) is 0 Å². The Labute approximate surface area is 184 Å². The van der Waals surface area contributed by atoms with Gasteiger partial charge in [0, 0.05) is 35.1 Å². The second kappa shape index (κ2) is 7.74. The number of hydrogen-bond donors (Lipinski definition) is 4. The summed E-state index contributed by atoms with van der Waals surface area (Å²) in [6.45, 7) is 0. The van der Waals surface area contributed by atoms with Gasteiger partial charge in [-0.3, -0.25) is 0 Å².